The van der Waals surface area contributed by atoms with Crippen molar-refractivity contribution in [3.05, 3.63) is 35.7 Å². The van der Waals surface area contributed by atoms with Gasteiger partial charge in [-0.25, -0.2) is 0 Å². The second kappa shape index (κ2) is 3.89. The maximum Gasteiger partial charge on any atom is 0.115 e. The molecule has 0 unspecified atom stereocenters. The Bertz CT molecular complexity index is 500. The topological polar surface area (TPSA) is 50.1 Å². The van der Waals surface area contributed by atoms with E-state index in [0.29, 0.717) is 0 Å². The lowest BCUT2D eigenvalue weighted by molar-refractivity contribution is 0.475. The molecule has 1 heterocycles. The summed E-state index contributed by atoms with van der Waals surface area (Å²) in [4.78, 5) is 0. The lowest BCUT2D eigenvalue weighted by Gasteiger charge is -2.06. The van der Waals surface area contributed by atoms with Gasteiger partial charge in [-0.05, 0) is 38.1 Å². The smallest absolute Gasteiger partial charge is 0.115 e. The molecule has 1 aromatic carbocycles. The quantitative estimate of drug-likeness (QED) is 0.760. The number of hydrogen-bond acceptors (Lipinski definition) is 3. The minimum Gasteiger partial charge on any atom is -0.508 e. The number of phenolic OH excluding ortho intramolecular Hbond substituents is 1. The first-order valence-electron chi connectivity index (χ1n) is 5.14. The van der Waals surface area contributed by atoms with Gasteiger partial charge in [-0.15, -0.1) is 0 Å². The maximum absolute atomic E-state index is 9.19. The molecule has 84 valence electrons. The fourth-order valence-corrected chi connectivity index (χ4v) is 1.64. The average molecular weight is 217 g/mol. The molecule has 2 aromatic rings. The van der Waals surface area contributed by atoms with Gasteiger partial charge < -0.3 is 10.4 Å². The number of phenols is 1. The summed E-state index contributed by atoms with van der Waals surface area (Å²) in [6.45, 7) is 3.98. The number of aryl methyl sites for hydroxylation is 2. The first-order chi connectivity index (χ1) is 7.58. The van der Waals surface area contributed by atoms with Crippen LogP contribution in [0.15, 0.2) is 24.3 Å². The van der Waals surface area contributed by atoms with Crippen LogP contribution in [0, 0.1) is 13.8 Å². The molecule has 0 spiro atoms. The standard InChI is InChI=1S/C12H15N3O/c1-8-12(9(2)15(3)14-8)13-10-4-6-11(16)7-5-10/h4-7,13,16H,1-3H3. The van der Waals surface area contributed by atoms with E-state index < -0.39 is 0 Å². The zero-order valence-corrected chi connectivity index (χ0v) is 9.65. The van der Waals surface area contributed by atoms with Crippen LogP contribution in [0.4, 0.5) is 11.4 Å². The van der Waals surface area contributed by atoms with Gasteiger partial charge in [0.15, 0.2) is 0 Å². The number of aromatic hydroxyl groups is 1. The molecule has 4 nitrogen and oxygen atoms in total. The van der Waals surface area contributed by atoms with Crippen molar-refractivity contribution in [2.45, 2.75) is 13.8 Å². The second-order valence-corrected chi connectivity index (χ2v) is 3.84. The summed E-state index contributed by atoms with van der Waals surface area (Å²) in [6.07, 6.45) is 0. The lowest BCUT2D eigenvalue weighted by atomic mass is 10.2. The Hall–Kier alpha value is -1.97. The third-order valence-corrected chi connectivity index (χ3v) is 2.65. The Labute approximate surface area is 94.5 Å². The van der Waals surface area contributed by atoms with Crippen LogP contribution in [0.2, 0.25) is 0 Å². The van der Waals surface area contributed by atoms with Crippen LogP contribution in [-0.4, -0.2) is 14.9 Å². The summed E-state index contributed by atoms with van der Waals surface area (Å²) >= 11 is 0. The summed E-state index contributed by atoms with van der Waals surface area (Å²) < 4.78 is 1.85. The zero-order valence-electron chi connectivity index (χ0n) is 9.65. The normalized spacial score (nSPS) is 10.4. The second-order valence-electron chi connectivity index (χ2n) is 3.84. The number of hydrogen-bond donors (Lipinski definition) is 2. The van der Waals surface area contributed by atoms with E-state index in [1.54, 1.807) is 12.1 Å². The van der Waals surface area contributed by atoms with Crippen molar-refractivity contribution in [3.63, 3.8) is 0 Å². The van der Waals surface area contributed by atoms with E-state index in [4.69, 9.17) is 0 Å². The van der Waals surface area contributed by atoms with Crippen LogP contribution >= 0.6 is 0 Å². The van der Waals surface area contributed by atoms with Gasteiger partial charge in [-0.1, -0.05) is 0 Å². The number of nitrogens with zero attached hydrogens (tertiary/aromatic N) is 2. The molecule has 0 saturated carbocycles. The Morgan fingerprint density at radius 1 is 1.19 bits per heavy atom. The largest absolute Gasteiger partial charge is 0.508 e. The molecule has 4 heteroatoms. The number of benzene rings is 1. The minimum absolute atomic E-state index is 0.269. The highest BCUT2D eigenvalue weighted by atomic mass is 16.3. The van der Waals surface area contributed by atoms with E-state index in [0.717, 1.165) is 22.8 Å². The van der Waals surface area contributed by atoms with Crippen LogP contribution < -0.4 is 5.32 Å². The van der Waals surface area contributed by atoms with Crippen LogP contribution in [0.25, 0.3) is 0 Å². The van der Waals surface area contributed by atoms with Crippen molar-refractivity contribution in [2.75, 3.05) is 5.32 Å². The molecule has 0 radical (unpaired) electrons. The molecule has 2 rings (SSSR count). The molecule has 0 saturated heterocycles. The summed E-state index contributed by atoms with van der Waals surface area (Å²) in [7, 11) is 1.92. The van der Waals surface area contributed by atoms with Crippen molar-refractivity contribution < 1.29 is 5.11 Å². The zero-order chi connectivity index (χ0) is 11.7. The molecule has 16 heavy (non-hydrogen) atoms. The van der Waals surface area contributed by atoms with E-state index in [-0.39, 0.29) is 5.75 Å². The van der Waals surface area contributed by atoms with Crippen molar-refractivity contribution in [3.8, 4) is 5.75 Å². The Kier molecular flexibility index (Phi) is 2.56. The molecule has 2 N–H and O–H groups in total. The molecule has 0 bridgehead atoms. The van der Waals surface area contributed by atoms with Crippen LogP contribution in [0.3, 0.4) is 0 Å². The molecule has 0 fully saturated rings. The Balaban J connectivity index is 2.30. The van der Waals surface area contributed by atoms with E-state index in [2.05, 4.69) is 10.4 Å². The predicted molar refractivity (Wildman–Crippen MR) is 64.1 cm³/mol. The fraction of sp³-hybridized carbons (Fsp3) is 0.250. The third kappa shape index (κ3) is 1.86. The molecule has 0 aliphatic heterocycles. The molecule has 0 aliphatic rings. The Morgan fingerprint density at radius 3 is 2.31 bits per heavy atom. The summed E-state index contributed by atoms with van der Waals surface area (Å²) in [5, 5.41) is 16.8. The van der Waals surface area contributed by atoms with Crippen molar-refractivity contribution in [1.82, 2.24) is 9.78 Å². The number of nitrogens with one attached hydrogen (secondary N) is 1. The van der Waals surface area contributed by atoms with Gasteiger partial charge in [-0.3, -0.25) is 4.68 Å². The van der Waals surface area contributed by atoms with Crippen molar-refractivity contribution in [2.24, 2.45) is 7.05 Å². The third-order valence-electron chi connectivity index (χ3n) is 2.65. The van der Waals surface area contributed by atoms with Crippen LogP contribution in [0.1, 0.15) is 11.4 Å². The highest BCUT2D eigenvalue weighted by molar-refractivity contribution is 5.64. The van der Waals surface area contributed by atoms with Gasteiger partial charge in [0.25, 0.3) is 0 Å². The van der Waals surface area contributed by atoms with E-state index in [9.17, 15) is 5.11 Å². The summed E-state index contributed by atoms with van der Waals surface area (Å²) in [6, 6.07) is 6.98. The van der Waals surface area contributed by atoms with Gasteiger partial charge in [-0.2, -0.15) is 5.10 Å². The number of rotatable bonds is 2. The van der Waals surface area contributed by atoms with E-state index in [1.807, 2.05) is 37.7 Å². The summed E-state index contributed by atoms with van der Waals surface area (Å²) in [5.74, 6) is 0.269. The van der Waals surface area contributed by atoms with Crippen molar-refractivity contribution in [1.29, 1.82) is 0 Å². The van der Waals surface area contributed by atoms with Crippen LogP contribution in [-0.2, 0) is 7.05 Å². The molecular formula is C12H15N3O. The molecule has 0 amide bonds. The maximum atomic E-state index is 9.19. The Morgan fingerprint density at radius 2 is 1.81 bits per heavy atom. The highest BCUT2D eigenvalue weighted by Crippen LogP contribution is 2.24. The number of aromatic nitrogens is 2. The first-order valence-corrected chi connectivity index (χ1v) is 5.14. The van der Waals surface area contributed by atoms with Gasteiger partial charge >= 0.3 is 0 Å². The highest BCUT2D eigenvalue weighted by Gasteiger charge is 2.08. The van der Waals surface area contributed by atoms with Crippen LogP contribution in [0.5, 0.6) is 5.75 Å². The minimum atomic E-state index is 0.269. The molecule has 0 aliphatic carbocycles. The number of anilines is 2. The summed E-state index contributed by atoms with van der Waals surface area (Å²) in [5.41, 5.74) is 4.02. The monoisotopic (exact) mass is 217 g/mol. The molecular weight excluding hydrogens is 202 g/mol. The van der Waals surface area contributed by atoms with Gasteiger partial charge in [0.05, 0.1) is 17.1 Å². The van der Waals surface area contributed by atoms with E-state index >= 15 is 0 Å². The molecule has 0 atom stereocenters. The van der Waals surface area contributed by atoms with Gasteiger partial charge in [0.2, 0.25) is 0 Å². The SMILES string of the molecule is Cc1nn(C)c(C)c1Nc1ccc(O)cc1. The lowest BCUT2D eigenvalue weighted by Crippen LogP contribution is -1.95. The van der Waals surface area contributed by atoms with Gasteiger partial charge in [0.1, 0.15) is 5.75 Å². The first kappa shape index (κ1) is 10.5. The fourth-order valence-electron chi connectivity index (χ4n) is 1.64. The van der Waals surface area contributed by atoms with Crippen molar-refractivity contribution >= 4 is 11.4 Å². The molecule has 1 aromatic heterocycles. The van der Waals surface area contributed by atoms with Gasteiger partial charge in [0, 0.05) is 12.7 Å². The predicted octanol–water partition coefficient (Wildman–Crippen LogP) is 2.49. The van der Waals surface area contributed by atoms with E-state index in [1.165, 1.54) is 0 Å². The average Bonchev–Trinajstić information content (AvgIpc) is 2.48.